The van der Waals surface area contributed by atoms with Crippen LogP contribution in [-0.4, -0.2) is 76.1 Å². The van der Waals surface area contributed by atoms with E-state index in [1.54, 1.807) is 41.3 Å². The molecule has 0 radical (unpaired) electrons. The lowest BCUT2D eigenvalue weighted by Gasteiger charge is -2.39. The Bertz CT molecular complexity index is 1350. The number of likely N-dealkylation sites (tertiary alicyclic amines) is 1. The number of anilines is 1. The lowest BCUT2D eigenvalue weighted by atomic mass is 9.70. The highest BCUT2D eigenvalue weighted by Crippen LogP contribution is 2.59. The minimum atomic E-state index is -1.20. The molecule has 222 valence electrons. The number of fused-ring (bicyclic) bond motifs is 1. The molecule has 2 aromatic carbocycles. The van der Waals surface area contributed by atoms with E-state index >= 15 is 0 Å². The van der Waals surface area contributed by atoms with Crippen molar-refractivity contribution in [1.82, 2.24) is 9.80 Å². The van der Waals surface area contributed by atoms with Gasteiger partial charge in [-0.25, -0.2) is 0 Å². The molecule has 3 aliphatic rings. The van der Waals surface area contributed by atoms with Crippen molar-refractivity contribution >= 4 is 35.0 Å². The molecule has 0 saturated carbocycles. The number of aliphatic hydroxyl groups is 1. The second-order valence-corrected chi connectivity index (χ2v) is 11.6. The molecular formula is C33H38ClN3O5. The fraction of sp³-hybridized carbons (Fsp3) is 0.424. The van der Waals surface area contributed by atoms with Crippen molar-refractivity contribution in [1.29, 1.82) is 0 Å². The molecule has 3 heterocycles. The number of amides is 3. The summed E-state index contributed by atoms with van der Waals surface area (Å²) >= 11 is 6.53. The molecule has 0 aromatic heterocycles. The van der Waals surface area contributed by atoms with Crippen LogP contribution >= 0.6 is 11.6 Å². The van der Waals surface area contributed by atoms with Crippen LogP contribution in [0.1, 0.15) is 31.7 Å². The molecule has 2 aromatic rings. The molecule has 1 spiro atoms. The average molecular weight is 592 g/mol. The van der Waals surface area contributed by atoms with Gasteiger partial charge < -0.3 is 24.5 Å². The smallest absolute Gasteiger partial charge is 0.253 e. The van der Waals surface area contributed by atoms with Crippen LogP contribution in [0, 0.1) is 11.8 Å². The van der Waals surface area contributed by atoms with Gasteiger partial charge in [-0.2, -0.15) is 0 Å². The summed E-state index contributed by atoms with van der Waals surface area (Å²) in [5, 5.41) is 10.7. The second-order valence-electron chi connectivity index (χ2n) is 11.2. The van der Waals surface area contributed by atoms with Crippen molar-refractivity contribution in [2.45, 2.75) is 56.5 Å². The van der Waals surface area contributed by atoms with Crippen molar-refractivity contribution in [3.05, 3.63) is 90.5 Å². The first-order chi connectivity index (χ1) is 20.3. The third kappa shape index (κ3) is 4.95. The Morgan fingerprint density at radius 3 is 2.45 bits per heavy atom. The summed E-state index contributed by atoms with van der Waals surface area (Å²) in [4.78, 5) is 48.0. The first-order valence-electron chi connectivity index (χ1n) is 14.5. The van der Waals surface area contributed by atoms with Crippen molar-refractivity contribution in [2.24, 2.45) is 11.8 Å². The Labute approximate surface area is 252 Å². The number of para-hydroxylation sites is 1. The van der Waals surface area contributed by atoms with Crippen molar-refractivity contribution < 1.29 is 24.2 Å². The van der Waals surface area contributed by atoms with Crippen molar-refractivity contribution in [3.8, 4) is 0 Å². The van der Waals surface area contributed by atoms with Gasteiger partial charge in [0.15, 0.2) is 0 Å². The summed E-state index contributed by atoms with van der Waals surface area (Å²) < 4.78 is 6.64. The van der Waals surface area contributed by atoms with Crippen LogP contribution in [0.4, 0.5) is 5.69 Å². The zero-order valence-electron chi connectivity index (χ0n) is 23.9. The molecule has 8 nitrogen and oxygen atoms in total. The summed E-state index contributed by atoms with van der Waals surface area (Å²) in [5.41, 5.74) is 0.258. The van der Waals surface area contributed by atoms with E-state index in [2.05, 4.69) is 13.2 Å². The number of rotatable bonds is 12. The molecular weight excluding hydrogens is 554 g/mol. The van der Waals surface area contributed by atoms with Gasteiger partial charge in [0.2, 0.25) is 11.8 Å². The van der Waals surface area contributed by atoms with Crippen LogP contribution in [0.5, 0.6) is 0 Å². The van der Waals surface area contributed by atoms with E-state index < -0.39 is 35.6 Å². The fourth-order valence-electron chi connectivity index (χ4n) is 7.12. The van der Waals surface area contributed by atoms with Crippen LogP contribution in [0.25, 0.3) is 0 Å². The van der Waals surface area contributed by atoms with Gasteiger partial charge in [-0.15, -0.1) is 13.2 Å². The summed E-state index contributed by atoms with van der Waals surface area (Å²) in [7, 11) is 0. The molecule has 3 aliphatic heterocycles. The number of carbonyl (C=O) groups is 3. The van der Waals surface area contributed by atoms with Gasteiger partial charge in [0.05, 0.1) is 41.3 Å². The maximum atomic E-state index is 14.6. The Morgan fingerprint density at radius 2 is 1.81 bits per heavy atom. The van der Waals surface area contributed by atoms with Gasteiger partial charge in [0, 0.05) is 19.6 Å². The molecule has 3 saturated heterocycles. The fourth-order valence-corrected chi connectivity index (χ4v) is 7.35. The predicted octanol–water partition coefficient (Wildman–Crippen LogP) is 4.22. The second kappa shape index (κ2) is 12.4. The van der Waals surface area contributed by atoms with Crippen molar-refractivity contribution in [2.75, 3.05) is 24.6 Å². The molecule has 1 N–H and O–H groups in total. The number of nitrogens with zero attached hydrogens (tertiary/aromatic N) is 3. The van der Waals surface area contributed by atoms with Gasteiger partial charge in [-0.3, -0.25) is 14.4 Å². The molecule has 9 heteroatoms. The van der Waals surface area contributed by atoms with Gasteiger partial charge in [-0.05, 0) is 37.0 Å². The molecule has 2 unspecified atom stereocenters. The summed E-state index contributed by atoms with van der Waals surface area (Å²) in [6.45, 7) is 10.1. The SMILES string of the molecule is C=CCN(Cc1ccccc1)C(=O)[C@@H]1[C@@H]2CCC3(O2)C(C(=O)N(CC=C)c2ccccc2Cl)N([C@@H](CC)CO)C(=O)[C@H]13. The van der Waals surface area contributed by atoms with Crippen LogP contribution in [-0.2, 0) is 25.7 Å². The number of ether oxygens (including phenoxy) is 1. The number of benzene rings is 2. The van der Waals surface area contributed by atoms with Gasteiger partial charge in [0.25, 0.3) is 5.91 Å². The standard InChI is InChI=1S/C33H38ClN3O5/c1-4-18-35(20-22-12-8-7-9-13-22)30(39)27-26-16-17-33(42-26)28(27)31(40)37(23(6-3)21-38)29(33)32(41)36(19-5-2)25-15-11-10-14-24(25)34/h4-5,7-15,23,26-29,38H,1-2,6,16-21H2,3H3/t23-,26-,27+,28-,29?,33?/m0/s1. The monoisotopic (exact) mass is 591 g/mol. The number of halogens is 1. The molecule has 3 amide bonds. The minimum absolute atomic E-state index is 0.160. The topological polar surface area (TPSA) is 90.4 Å². The Kier molecular flexibility index (Phi) is 8.87. The highest BCUT2D eigenvalue weighted by atomic mass is 35.5. The van der Waals surface area contributed by atoms with E-state index in [1.807, 2.05) is 37.3 Å². The predicted molar refractivity (Wildman–Crippen MR) is 162 cm³/mol. The number of aliphatic hydroxyl groups excluding tert-OH is 1. The van der Waals surface area contributed by atoms with Crippen molar-refractivity contribution in [3.63, 3.8) is 0 Å². The molecule has 42 heavy (non-hydrogen) atoms. The summed E-state index contributed by atoms with van der Waals surface area (Å²) in [5.74, 6) is -2.49. The summed E-state index contributed by atoms with van der Waals surface area (Å²) in [6, 6.07) is 15.0. The zero-order chi connectivity index (χ0) is 30.0. The Hall–Kier alpha value is -3.46. The first kappa shape index (κ1) is 30.0. The highest BCUT2D eigenvalue weighted by Gasteiger charge is 2.75. The van der Waals surface area contributed by atoms with Gasteiger partial charge in [0.1, 0.15) is 11.6 Å². The first-order valence-corrected chi connectivity index (χ1v) is 14.9. The third-order valence-corrected chi connectivity index (χ3v) is 9.25. The van der Waals surface area contributed by atoms with Crippen LogP contribution < -0.4 is 4.90 Å². The van der Waals surface area contributed by atoms with E-state index in [0.717, 1.165) is 5.56 Å². The summed E-state index contributed by atoms with van der Waals surface area (Å²) in [6.07, 6.45) is 4.23. The lowest BCUT2D eigenvalue weighted by molar-refractivity contribution is -0.147. The largest absolute Gasteiger partial charge is 0.394 e. The molecule has 5 rings (SSSR count). The van der Waals surface area contributed by atoms with Crippen LogP contribution in [0.15, 0.2) is 79.9 Å². The maximum absolute atomic E-state index is 14.6. The van der Waals surface area contributed by atoms with Gasteiger partial charge in [-0.1, -0.05) is 73.1 Å². The van der Waals surface area contributed by atoms with Crippen LogP contribution in [0.2, 0.25) is 5.02 Å². The number of hydrogen-bond acceptors (Lipinski definition) is 5. The zero-order valence-corrected chi connectivity index (χ0v) is 24.7. The Balaban J connectivity index is 1.56. The van der Waals surface area contributed by atoms with E-state index in [-0.39, 0.29) is 30.9 Å². The average Bonchev–Trinajstić information content (AvgIpc) is 3.64. The lowest BCUT2D eigenvalue weighted by Crippen LogP contribution is -2.59. The Morgan fingerprint density at radius 1 is 1.12 bits per heavy atom. The third-order valence-electron chi connectivity index (χ3n) is 8.93. The highest BCUT2D eigenvalue weighted by molar-refractivity contribution is 6.34. The molecule has 2 bridgehead atoms. The minimum Gasteiger partial charge on any atom is -0.394 e. The quantitative estimate of drug-likeness (QED) is 0.373. The van der Waals surface area contributed by atoms with Gasteiger partial charge >= 0.3 is 0 Å². The van der Waals surface area contributed by atoms with E-state index in [9.17, 15) is 19.5 Å². The normalized spacial score (nSPS) is 26.5. The molecule has 0 aliphatic carbocycles. The van der Waals surface area contributed by atoms with Crippen LogP contribution in [0.3, 0.4) is 0 Å². The molecule has 3 fully saturated rings. The number of carbonyl (C=O) groups excluding carboxylic acids is 3. The number of hydrogen-bond donors (Lipinski definition) is 1. The maximum Gasteiger partial charge on any atom is 0.253 e. The van der Waals surface area contributed by atoms with E-state index in [4.69, 9.17) is 16.3 Å². The van der Waals surface area contributed by atoms with E-state index in [1.165, 1.54) is 9.80 Å². The van der Waals surface area contributed by atoms with E-state index in [0.29, 0.717) is 43.1 Å². The molecule has 6 atom stereocenters.